The van der Waals surface area contributed by atoms with Gasteiger partial charge < -0.3 is 14.6 Å². The second-order valence-electron chi connectivity index (χ2n) is 9.25. The Kier molecular flexibility index (Phi) is 6.69. The molecule has 3 rings (SSSR count). The van der Waals surface area contributed by atoms with Crippen LogP contribution in [0.3, 0.4) is 0 Å². The fourth-order valence-electron chi connectivity index (χ4n) is 4.27. The molecule has 3 aliphatic rings. The molecule has 0 aliphatic carbocycles. The third kappa shape index (κ3) is 5.04. The number of piperidine rings is 1. The molecule has 3 heterocycles. The molecule has 0 aromatic rings. The Bertz CT molecular complexity index is 603. The van der Waals surface area contributed by atoms with Gasteiger partial charge in [-0.3, -0.25) is 5.32 Å². The average molecular weight is 449 g/mol. The zero-order chi connectivity index (χ0) is 22.4. The Morgan fingerprint density at radius 1 is 0.933 bits per heavy atom. The first kappa shape index (κ1) is 24.0. The van der Waals surface area contributed by atoms with Crippen molar-refractivity contribution in [3.8, 4) is 0 Å². The van der Waals surface area contributed by atoms with Gasteiger partial charge in [0.1, 0.15) is 12.5 Å². The summed E-state index contributed by atoms with van der Waals surface area (Å²) in [6, 6.07) is -0.727. The van der Waals surface area contributed by atoms with Gasteiger partial charge in [0.15, 0.2) is 6.23 Å². The second kappa shape index (κ2) is 8.36. The molecule has 0 aromatic heterocycles. The molecule has 0 spiro atoms. The molecule has 3 saturated heterocycles. The maximum atomic E-state index is 13.7. The number of alkyl halides is 6. The summed E-state index contributed by atoms with van der Waals surface area (Å²) in [6.45, 7) is 3.62. The molecular weight excluding hydrogens is 420 g/mol. The summed E-state index contributed by atoms with van der Waals surface area (Å²) in [5.74, 6) is -1.73. The summed E-state index contributed by atoms with van der Waals surface area (Å²) in [7, 11) is 0. The average Bonchev–Trinajstić information content (AvgIpc) is 3.11. The van der Waals surface area contributed by atoms with E-state index in [1.165, 1.54) is 0 Å². The third-order valence-electron chi connectivity index (χ3n) is 6.20. The molecule has 30 heavy (non-hydrogen) atoms. The predicted molar refractivity (Wildman–Crippen MR) is 93.6 cm³/mol. The second-order valence-corrected chi connectivity index (χ2v) is 9.25. The molecule has 4 bridgehead atoms. The summed E-state index contributed by atoms with van der Waals surface area (Å²) in [6.07, 6.45) is -13.5. The van der Waals surface area contributed by atoms with Crippen molar-refractivity contribution in [2.24, 2.45) is 11.3 Å². The molecule has 5 unspecified atom stereocenters. The van der Waals surface area contributed by atoms with Gasteiger partial charge in [-0.15, -0.1) is 0 Å². The molecule has 6 nitrogen and oxygen atoms in total. The summed E-state index contributed by atoms with van der Waals surface area (Å²) >= 11 is 0. The van der Waals surface area contributed by atoms with E-state index in [1.54, 1.807) is 13.8 Å². The number of hydrogen-bond acceptors (Lipinski definition) is 6. The van der Waals surface area contributed by atoms with Crippen LogP contribution in [0.25, 0.3) is 0 Å². The minimum atomic E-state index is -4.94. The van der Waals surface area contributed by atoms with Crippen LogP contribution in [0.4, 0.5) is 26.3 Å². The molecule has 6 atom stereocenters. The number of fused-ring (bicyclic) bond motifs is 5. The van der Waals surface area contributed by atoms with Crippen molar-refractivity contribution in [1.82, 2.24) is 16.2 Å². The monoisotopic (exact) mass is 449 g/mol. The summed E-state index contributed by atoms with van der Waals surface area (Å²) in [4.78, 5) is 0. The minimum absolute atomic E-state index is 0.0178. The zero-order valence-corrected chi connectivity index (χ0v) is 16.9. The number of aliphatic hydroxyl groups is 1. The fourth-order valence-corrected chi connectivity index (χ4v) is 4.27. The molecule has 176 valence electrons. The lowest BCUT2D eigenvalue weighted by Gasteiger charge is -2.41. The van der Waals surface area contributed by atoms with E-state index in [2.05, 4.69) is 16.2 Å². The van der Waals surface area contributed by atoms with Crippen LogP contribution >= 0.6 is 0 Å². The van der Waals surface area contributed by atoms with E-state index >= 15 is 0 Å². The van der Waals surface area contributed by atoms with E-state index < -0.39 is 60.4 Å². The molecule has 0 aromatic carbocycles. The van der Waals surface area contributed by atoms with Gasteiger partial charge in [0.05, 0.1) is 18.6 Å². The van der Waals surface area contributed by atoms with Crippen molar-refractivity contribution in [2.45, 2.75) is 95.1 Å². The lowest BCUT2D eigenvalue weighted by molar-refractivity contribution is -0.301. The van der Waals surface area contributed by atoms with Crippen molar-refractivity contribution in [3.05, 3.63) is 0 Å². The SMILES string of the molecule is CC1(C)CCCC[C@](O)(C(F)(F)F)C2NNC(O2)C2CCC(C(F)(F)F)C(N2)OC1. The topological polar surface area (TPSA) is 74.8 Å². The van der Waals surface area contributed by atoms with E-state index in [0.29, 0.717) is 12.8 Å². The van der Waals surface area contributed by atoms with Crippen molar-refractivity contribution >= 4 is 0 Å². The van der Waals surface area contributed by atoms with E-state index in [9.17, 15) is 31.4 Å². The molecule has 0 saturated carbocycles. The van der Waals surface area contributed by atoms with Crippen LogP contribution in [0.5, 0.6) is 0 Å². The largest absolute Gasteiger partial charge is 0.421 e. The fraction of sp³-hybridized carbons (Fsp3) is 1.00. The zero-order valence-electron chi connectivity index (χ0n) is 16.9. The number of halogens is 6. The van der Waals surface area contributed by atoms with Crippen molar-refractivity contribution in [2.75, 3.05) is 6.61 Å². The number of hydrogen-bond donors (Lipinski definition) is 4. The highest BCUT2D eigenvalue weighted by Gasteiger charge is 2.61. The van der Waals surface area contributed by atoms with Crippen LogP contribution < -0.4 is 16.2 Å². The summed E-state index contributed by atoms with van der Waals surface area (Å²) < 4.78 is 92.6. The first-order valence-electron chi connectivity index (χ1n) is 10.1. The van der Waals surface area contributed by atoms with Gasteiger partial charge in [-0.25, -0.2) is 10.9 Å². The summed E-state index contributed by atoms with van der Waals surface area (Å²) in [5.41, 5.74) is 1.23. The Balaban J connectivity index is 1.85. The highest BCUT2D eigenvalue weighted by atomic mass is 19.4. The van der Waals surface area contributed by atoms with Gasteiger partial charge in [0.25, 0.3) is 0 Å². The van der Waals surface area contributed by atoms with E-state index in [0.717, 1.165) is 0 Å². The van der Waals surface area contributed by atoms with Crippen LogP contribution in [0.2, 0.25) is 0 Å². The maximum absolute atomic E-state index is 13.7. The van der Waals surface area contributed by atoms with Crippen LogP contribution in [0.1, 0.15) is 52.4 Å². The van der Waals surface area contributed by atoms with Crippen LogP contribution in [-0.4, -0.2) is 54.4 Å². The number of nitrogens with one attached hydrogen (secondary N) is 3. The highest BCUT2D eigenvalue weighted by Crippen LogP contribution is 2.42. The number of rotatable bonds is 0. The van der Waals surface area contributed by atoms with Gasteiger partial charge in [-0.05, 0) is 31.1 Å². The van der Waals surface area contributed by atoms with Crippen molar-refractivity contribution in [3.63, 3.8) is 0 Å². The molecule has 12 heteroatoms. The van der Waals surface area contributed by atoms with Crippen LogP contribution in [0, 0.1) is 11.3 Å². The van der Waals surface area contributed by atoms with Crippen molar-refractivity contribution < 1.29 is 40.9 Å². The molecular formula is C18H29F6N3O3. The molecule has 0 radical (unpaired) electrons. The van der Waals surface area contributed by atoms with Crippen molar-refractivity contribution in [1.29, 1.82) is 0 Å². The van der Waals surface area contributed by atoms with Gasteiger partial charge in [-0.1, -0.05) is 26.7 Å². The lowest BCUT2D eigenvalue weighted by Crippen LogP contribution is -2.59. The molecule has 3 fully saturated rings. The standard InChI is InChI=1S/C18H29F6N3O3/c1-15(2)7-3-4-8-16(28,18(22,23)24)14-27-26-13(30-14)11-6-5-10(17(19,20)21)12(25-11)29-9-15/h10-14,25-28H,3-9H2,1-2H3/t10?,11?,12?,13?,14?,16-/m1/s1. The molecule has 4 N–H and O–H groups in total. The Morgan fingerprint density at radius 2 is 1.60 bits per heavy atom. The Labute approximate surface area is 171 Å². The third-order valence-corrected chi connectivity index (χ3v) is 6.20. The predicted octanol–water partition coefficient (Wildman–Crippen LogP) is 2.93. The first-order chi connectivity index (χ1) is 13.7. The normalized spacial score (nSPS) is 41.3. The number of hydrazine groups is 1. The maximum Gasteiger partial charge on any atom is 0.421 e. The summed E-state index contributed by atoms with van der Waals surface area (Å²) in [5, 5.41) is 13.2. The smallest absolute Gasteiger partial charge is 0.377 e. The van der Waals surface area contributed by atoms with Gasteiger partial charge >= 0.3 is 12.4 Å². The lowest BCUT2D eigenvalue weighted by atomic mass is 9.85. The Hall–Kier alpha value is -0.660. The first-order valence-corrected chi connectivity index (χ1v) is 10.1. The van der Waals surface area contributed by atoms with E-state index in [-0.39, 0.29) is 25.9 Å². The number of ether oxygens (including phenoxy) is 2. The Morgan fingerprint density at radius 3 is 2.23 bits per heavy atom. The van der Waals surface area contributed by atoms with Crippen LogP contribution in [0.15, 0.2) is 0 Å². The highest BCUT2D eigenvalue weighted by molar-refractivity contribution is 4.98. The van der Waals surface area contributed by atoms with E-state index in [4.69, 9.17) is 9.47 Å². The molecule has 0 amide bonds. The van der Waals surface area contributed by atoms with Crippen LogP contribution in [-0.2, 0) is 9.47 Å². The van der Waals surface area contributed by atoms with Gasteiger partial charge in [0.2, 0.25) is 5.60 Å². The minimum Gasteiger partial charge on any atom is -0.377 e. The quantitative estimate of drug-likeness (QED) is 0.427. The molecule has 3 aliphatic heterocycles. The van der Waals surface area contributed by atoms with Gasteiger partial charge in [-0.2, -0.15) is 26.3 Å². The van der Waals surface area contributed by atoms with Gasteiger partial charge in [0, 0.05) is 0 Å². The van der Waals surface area contributed by atoms with E-state index in [1.807, 2.05) is 0 Å².